The van der Waals surface area contributed by atoms with E-state index < -0.39 is 0 Å². The summed E-state index contributed by atoms with van der Waals surface area (Å²) < 4.78 is 0. The van der Waals surface area contributed by atoms with Crippen molar-refractivity contribution < 1.29 is 0 Å². The van der Waals surface area contributed by atoms with E-state index in [1.54, 1.807) is 5.56 Å². The second-order valence-electron chi connectivity index (χ2n) is 5.81. The lowest BCUT2D eigenvalue weighted by molar-refractivity contribution is 0.224. The Labute approximate surface area is 108 Å². The van der Waals surface area contributed by atoms with Gasteiger partial charge in [-0.15, -0.1) is 0 Å². The van der Waals surface area contributed by atoms with E-state index in [4.69, 9.17) is 0 Å². The molecule has 0 saturated heterocycles. The standard InChI is InChI=1S/C15H21Br/c1-15(2)9-7-14(8-10-15)13-5-3-12(11-16)4-6-13/h3-6,14H,7-11H2,1-2H3. The molecule has 1 heteroatoms. The van der Waals surface area contributed by atoms with Gasteiger partial charge in [0.05, 0.1) is 0 Å². The molecular formula is C15H21Br. The molecule has 2 rings (SSSR count). The van der Waals surface area contributed by atoms with Crippen molar-refractivity contribution in [3.63, 3.8) is 0 Å². The third-order valence-electron chi connectivity index (χ3n) is 3.94. The zero-order chi connectivity index (χ0) is 11.6. The maximum atomic E-state index is 3.49. The highest BCUT2D eigenvalue weighted by Crippen LogP contribution is 2.42. The van der Waals surface area contributed by atoms with E-state index in [1.807, 2.05) is 0 Å². The Morgan fingerprint density at radius 3 is 2.19 bits per heavy atom. The molecule has 88 valence electrons. The Morgan fingerprint density at radius 2 is 1.69 bits per heavy atom. The van der Waals surface area contributed by atoms with Gasteiger partial charge >= 0.3 is 0 Å². The quantitative estimate of drug-likeness (QED) is 0.648. The summed E-state index contributed by atoms with van der Waals surface area (Å²) in [6.07, 6.45) is 5.47. The molecule has 1 aliphatic rings. The first-order valence-electron chi connectivity index (χ1n) is 6.25. The second kappa shape index (κ2) is 4.91. The van der Waals surface area contributed by atoms with Crippen molar-refractivity contribution in [3.05, 3.63) is 35.4 Å². The largest absolute Gasteiger partial charge is 0.0876 e. The predicted octanol–water partition coefficient (Wildman–Crippen LogP) is 5.27. The summed E-state index contributed by atoms with van der Waals surface area (Å²) in [7, 11) is 0. The van der Waals surface area contributed by atoms with E-state index in [-0.39, 0.29) is 0 Å². The molecule has 1 aromatic rings. The van der Waals surface area contributed by atoms with Crippen LogP contribution >= 0.6 is 15.9 Å². The minimum absolute atomic E-state index is 0.576. The third kappa shape index (κ3) is 2.88. The molecule has 1 saturated carbocycles. The second-order valence-corrected chi connectivity index (χ2v) is 6.37. The molecule has 0 aromatic heterocycles. The number of benzene rings is 1. The fourth-order valence-electron chi connectivity index (χ4n) is 2.61. The highest BCUT2D eigenvalue weighted by Gasteiger charge is 2.27. The van der Waals surface area contributed by atoms with Gasteiger partial charge in [0.2, 0.25) is 0 Å². The summed E-state index contributed by atoms with van der Waals surface area (Å²) in [5, 5.41) is 0.963. The van der Waals surface area contributed by atoms with Gasteiger partial charge < -0.3 is 0 Å². The van der Waals surface area contributed by atoms with E-state index >= 15 is 0 Å². The molecule has 0 bridgehead atoms. The summed E-state index contributed by atoms with van der Waals surface area (Å²) in [4.78, 5) is 0. The summed E-state index contributed by atoms with van der Waals surface area (Å²) in [5.74, 6) is 0.803. The normalized spacial score (nSPS) is 20.9. The highest BCUT2D eigenvalue weighted by atomic mass is 79.9. The van der Waals surface area contributed by atoms with E-state index in [0.29, 0.717) is 5.41 Å². The van der Waals surface area contributed by atoms with E-state index in [1.165, 1.54) is 31.2 Å². The lowest BCUT2D eigenvalue weighted by Gasteiger charge is -2.34. The molecule has 0 spiro atoms. The number of hydrogen-bond acceptors (Lipinski definition) is 0. The third-order valence-corrected chi connectivity index (χ3v) is 4.59. The van der Waals surface area contributed by atoms with Crippen molar-refractivity contribution in [2.75, 3.05) is 0 Å². The van der Waals surface area contributed by atoms with Crippen LogP contribution < -0.4 is 0 Å². The molecule has 0 unspecified atom stereocenters. The Balaban J connectivity index is 2.03. The average molecular weight is 281 g/mol. The molecule has 0 atom stereocenters. The topological polar surface area (TPSA) is 0 Å². The van der Waals surface area contributed by atoms with Crippen molar-refractivity contribution in [1.82, 2.24) is 0 Å². The number of alkyl halides is 1. The van der Waals surface area contributed by atoms with E-state index in [9.17, 15) is 0 Å². The minimum Gasteiger partial charge on any atom is -0.0876 e. The van der Waals surface area contributed by atoms with Crippen LogP contribution in [-0.4, -0.2) is 0 Å². The van der Waals surface area contributed by atoms with Crippen molar-refractivity contribution >= 4 is 15.9 Å². The lowest BCUT2D eigenvalue weighted by Crippen LogP contribution is -2.20. The molecular weight excluding hydrogens is 260 g/mol. The Bertz CT molecular complexity index is 327. The molecule has 0 N–H and O–H groups in total. The summed E-state index contributed by atoms with van der Waals surface area (Å²) in [5.41, 5.74) is 3.49. The van der Waals surface area contributed by atoms with Crippen molar-refractivity contribution in [1.29, 1.82) is 0 Å². The van der Waals surface area contributed by atoms with Crippen molar-refractivity contribution in [2.45, 2.75) is 50.8 Å². The lowest BCUT2D eigenvalue weighted by atomic mass is 9.71. The van der Waals surface area contributed by atoms with Gasteiger partial charge in [-0.05, 0) is 48.1 Å². The van der Waals surface area contributed by atoms with E-state index in [0.717, 1.165) is 11.2 Å². The first kappa shape index (κ1) is 12.2. The monoisotopic (exact) mass is 280 g/mol. The van der Waals surface area contributed by atoms with Crippen LogP contribution in [0, 0.1) is 5.41 Å². The molecule has 0 nitrogen and oxygen atoms in total. The maximum Gasteiger partial charge on any atom is 0.0283 e. The summed E-state index contributed by atoms with van der Waals surface area (Å²) in [6.45, 7) is 4.80. The Morgan fingerprint density at radius 1 is 1.12 bits per heavy atom. The summed E-state index contributed by atoms with van der Waals surface area (Å²) in [6, 6.07) is 9.15. The van der Waals surface area contributed by atoms with Gasteiger partial charge in [-0.3, -0.25) is 0 Å². The molecule has 1 aromatic carbocycles. The molecule has 0 amide bonds. The van der Waals surface area contributed by atoms with Crippen LogP contribution in [0.25, 0.3) is 0 Å². The van der Waals surface area contributed by atoms with Gasteiger partial charge in [-0.1, -0.05) is 54.0 Å². The van der Waals surface area contributed by atoms with Crippen LogP contribution in [-0.2, 0) is 5.33 Å². The molecule has 1 aliphatic carbocycles. The minimum atomic E-state index is 0.576. The molecule has 0 aliphatic heterocycles. The van der Waals surface area contributed by atoms with Gasteiger partial charge in [-0.25, -0.2) is 0 Å². The first-order chi connectivity index (χ1) is 7.61. The molecule has 0 radical (unpaired) electrons. The predicted molar refractivity (Wildman–Crippen MR) is 74.1 cm³/mol. The molecule has 0 heterocycles. The average Bonchev–Trinajstić information content (AvgIpc) is 2.29. The number of halogens is 1. The zero-order valence-corrected chi connectivity index (χ0v) is 11.9. The maximum absolute atomic E-state index is 3.49. The Hall–Kier alpha value is -0.300. The zero-order valence-electron chi connectivity index (χ0n) is 10.3. The molecule has 16 heavy (non-hydrogen) atoms. The van der Waals surface area contributed by atoms with Crippen LogP contribution in [0.2, 0.25) is 0 Å². The van der Waals surface area contributed by atoms with Crippen molar-refractivity contribution in [3.8, 4) is 0 Å². The number of hydrogen-bond donors (Lipinski definition) is 0. The smallest absolute Gasteiger partial charge is 0.0283 e. The van der Waals surface area contributed by atoms with Gasteiger partial charge in [-0.2, -0.15) is 0 Å². The highest BCUT2D eigenvalue weighted by molar-refractivity contribution is 9.08. The fraction of sp³-hybridized carbons (Fsp3) is 0.600. The fourth-order valence-corrected chi connectivity index (χ4v) is 2.99. The molecule has 1 fully saturated rings. The van der Waals surface area contributed by atoms with Crippen molar-refractivity contribution in [2.24, 2.45) is 5.41 Å². The summed E-state index contributed by atoms with van der Waals surface area (Å²) >= 11 is 3.49. The SMILES string of the molecule is CC1(C)CCC(c2ccc(CBr)cc2)CC1. The van der Waals surface area contributed by atoms with Crippen LogP contribution in [0.3, 0.4) is 0 Å². The van der Waals surface area contributed by atoms with Gasteiger partial charge in [0.15, 0.2) is 0 Å². The van der Waals surface area contributed by atoms with Gasteiger partial charge in [0, 0.05) is 5.33 Å². The van der Waals surface area contributed by atoms with Crippen LogP contribution in [0.5, 0.6) is 0 Å². The van der Waals surface area contributed by atoms with Gasteiger partial charge in [0.25, 0.3) is 0 Å². The van der Waals surface area contributed by atoms with Crippen LogP contribution in [0.4, 0.5) is 0 Å². The number of rotatable bonds is 2. The van der Waals surface area contributed by atoms with Gasteiger partial charge in [0.1, 0.15) is 0 Å². The van der Waals surface area contributed by atoms with E-state index in [2.05, 4.69) is 54.0 Å². The Kier molecular flexibility index (Phi) is 3.73. The van der Waals surface area contributed by atoms with Crippen LogP contribution in [0.1, 0.15) is 56.6 Å². The van der Waals surface area contributed by atoms with Crippen LogP contribution in [0.15, 0.2) is 24.3 Å². The first-order valence-corrected chi connectivity index (χ1v) is 7.38.